The number of rotatable bonds is 3. The summed E-state index contributed by atoms with van der Waals surface area (Å²) in [5.41, 5.74) is 1.68. The first-order valence-corrected chi connectivity index (χ1v) is 8.32. The number of imide groups is 1. The highest BCUT2D eigenvalue weighted by molar-refractivity contribution is 6.22. The van der Waals surface area contributed by atoms with Crippen molar-refractivity contribution < 1.29 is 14.3 Å². The molecule has 3 saturated heterocycles. The van der Waals surface area contributed by atoms with Gasteiger partial charge in [-0.2, -0.15) is 5.10 Å². The van der Waals surface area contributed by atoms with Gasteiger partial charge in [-0.05, 0) is 18.4 Å². The van der Waals surface area contributed by atoms with Crippen LogP contribution in [-0.4, -0.2) is 33.8 Å². The summed E-state index contributed by atoms with van der Waals surface area (Å²) in [6.45, 7) is 0.609. The molecular formula is C18H17N3O3. The fourth-order valence-electron chi connectivity index (χ4n) is 4.29. The Labute approximate surface area is 139 Å². The molecule has 3 fully saturated rings. The highest BCUT2D eigenvalue weighted by Crippen LogP contribution is 2.49. The van der Waals surface area contributed by atoms with Crippen LogP contribution >= 0.6 is 0 Å². The predicted octanol–water partition coefficient (Wildman–Crippen LogP) is 1.60. The Balaban J connectivity index is 1.41. The van der Waals surface area contributed by atoms with Crippen molar-refractivity contribution in [3.8, 4) is 0 Å². The van der Waals surface area contributed by atoms with Crippen LogP contribution in [0.5, 0.6) is 0 Å². The fourth-order valence-corrected chi connectivity index (χ4v) is 4.29. The highest BCUT2D eigenvalue weighted by Gasteiger charge is 2.62. The Bertz CT molecular complexity index is 788. The van der Waals surface area contributed by atoms with Crippen molar-refractivity contribution in [1.29, 1.82) is 0 Å². The van der Waals surface area contributed by atoms with Crippen LogP contribution in [-0.2, 0) is 20.9 Å². The molecule has 122 valence electrons. The van der Waals surface area contributed by atoms with Crippen LogP contribution < -0.4 is 4.90 Å². The van der Waals surface area contributed by atoms with Gasteiger partial charge in [0.25, 0.3) is 0 Å². The van der Waals surface area contributed by atoms with Crippen LogP contribution in [0.15, 0.2) is 42.7 Å². The molecule has 24 heavy (non-hydrogen) atoms. The summed E-state index contributed by atoms with van der Waals surface area (Å²) in [4.78, 5) is 26.8. The minimum Gasteiger partial charge on any atom is -0.373 e. The quantitative estimate of drug-likeness (QED) is 0.805. The Hall–Kier alpha value is -2.47. The van der Waals surface area contributed by atoms with Gasteiger partial charge in [0, 0.05) is 6.20 Å². The molecule has 1 aromatic carbocycles. The van der Waals surface area contributed by atoms with Crippen LogP contribution in [0.2, 0.25) is 0 Å². The zero-order chi connectivity index (χ0) is 16.3. The number of anilines is 1. The number of benzene rings is 1. The first kappa shape index (κ1) is 13.9. The summed E-state index contributed by atoms with van der Waals surface area (Å²) in [6.07, 6.45) is 4.97. The van der Waals surface area contributed by atoms with Crippen LogP contribution in [0.3, 0.4) is 0 Å². The second kappa shape index (κ2) is 5.01. The molecule has 0 spiro atoms. The van der Waals surface area contributed by atoms with Gasteiger partial charge in [0.15, 0.2) is 0 Å². The van der Waals surface area contributed by atoms with E-state index in [2.05, 4.69) is 5.10 Å². The average Bonchev–Trinajstić information content (AvgIpc) is 3.34. The van der Waals surface area contributed by atoms with E-state index < -0.39 is 0 Å². The highest BCUT2D eigenvalue weighted by atomic mass is 16.5. The van der Waals surface area contributed by atoms with E-state index in [1.165, 1.54) is 4.90 Å². The Kier molecular flexibility index (Phi) is 2.91. The first-order valence-electron chi connectivity index (χ1n) is 8.32. The molecule has 4 heterocycles. The Morgan fingerprint density at radius 2 is 1.71 bits per heavy atom. The van der Waals surface area contributed by atoms with Crippen molar-refractivity contribution in [3.63, 3.8) is 0 Å². The molecule has 4 atom stereocenters. The van der Waals surface area contributed by atoms with E-state index >= 15 is 0 Å². The van der Waals surface area contributed by atoms with E-state index in [0.717, 1.165) is 18.4 Å². The van der Waals surface area contributed by atoms with Gasteiger partial charge in [-0.25, -0.2) is 4.90 Å². The number of hydrogen-bond donors (Lipinski definition) is 0. The van der Waals surface area contributed by atoms with E-state index in [1.807, 2.05) is 30.3 Å². The number of nitrogens with zero attached hydrogens (tertiary/aromatic N) is 3. The van der Waals surface area contributed by atoms with Gasteiger partial charge in [-0.3, -0.25) is 14.3 Å². The minimum atomic E-state index is -0.297. The number of aromatic nitrogens is 2. The third-order valence-electron chi connectivity index (χ3n) is 5.35. The van der Waals surface area contributed by atoms with Crippen LogP contribution in [0.1, 0.15) is 18.4 Å². The number of amides is 2. The maximum absolute atomic E-state index is 12.7. The van der Waals surface area contributed by atoms with Gasteiger partial charge in [0.05, 0.1) is 42.5 Å². The lowest BCUT2D eigenvalue weighted by Crippen LogP contribution is -2.33. The van der Waals surface area contributed by atoms with Crippen molar-refractivity contribution in [3.05, 3.63) is 48.3 Å². The second-order valence-electron chi connectivity index (χ2n) is 6.74. The predicted molar refractivity (Wildman–Crippen MR) is 85.1 cm³/mol. The molecule has 0 aliphatic carbocycles. The van der Waals surface area contributed by atoms with Crippen LogP contribution in [0, 0.1) is 11.8 Å². The van der Waals surface area contributed by atoms with Crippen molar-refractivity contribution in [2.75, 3.05) is 4.90 Å². The molecular weight excluding hydrogens is 306 g/mol. The van der Waals surface area contributed by atoms with Crippen molar-refractivity contribution in [1.82, 2.24) is 9.78 Å². The zero-order valence-electron chi connectivity index (χ0n) is 13.0. The van der Waals surface area contributed by atoms with Crippen LogP contribution in [0.25, 0.3) is 0 Å². The van der Waals surface area contributed by atoms with Gasteiger partial charge >= 0.3 is 0 Å². The number of carbonyl (C=O) groups is 2. The largest absolute Gasteiger partial charge is 0.373 e. The molecule has 2 amide bonds. The summed E-state index contributed by atoms with van der Waals surface area (Å²) in [5, 5.41) is 4.31. The van der Waals surface area contributed by atoms with Gasteiger partial charge in [-0.1, -0.05) is 30.3 Å². The lowest BCUT2D eigenvalue weighted by atomic mass is 9.81. The van der Waals surface area contributed by atoms with Gasteiger partial charge in [0.1, 0.15) is 0 Å². The molecule has 2 bridgehead atoms. The Morgan fingerprint density at radius 3 is 2.38 bits per heavy atom. The summed E-state index contributed by atoms with van der Waals surface area (Å²) in [7, 11) is 0. The van der Waals surface area contributed by atoms with Crippen molar-refractivity contribution >= 4 is 17.5 Å². The third kappa shape index (κ3) is 1.89. The molecule has 3 aliphatic heterocycles. The molecule has 6 heteroatoms. The van der Waals surface area contributed by atoms with Crippen molar-refractivity contribution in [2.45, 2.75) is 31.6 Å². The van der Waals surface area contributed by atoms with E-state index in [1.54, 1.807) is 17.1 Å². The molecule has 0 radical (unpaired) electrons. The normalized spacial score (nSPS) is 31.1. The molecule has 0 unspecified atom stereocenters. The van der Waals surface area contributed by atoms with Gasteiger partial charge < -0.3 is 4.74 Å². The molecule has 0 saturated carbocycles. The van der Waals surface area contributed by atoms with Crippen molar-refractivity contribution in [2.24, 2.45) is 11.8 Å². The lowest BCUT2D eigenvalue weighted by molar-refractivity contribution is -0.124. The topological polar surface area (TPSA) is 64.4 Å². The third-order valence-corrected chi connectivity index (χ3v) is 5.35. The van der Waals surface area contributed by atoms with E-state index in [0.29, 0.717) is 12.2 Å². The maximum Gasteiger partial charge on any atom is 0.240 e. The minimum absolute atomic E-state index is 0.0826. The van der Waals surface area contributed by atoms with E-state index in [9.17, 15) is 9.59 Å². The monoisotopic (exact) mass is 323 g/mol. The number of hydrogen-bond acceptors (Lipinski definition) is 4. The fraction of sp³-hybridized carbons (Fsp3) is 0.389. The molecule has 6 nitrogen and oxygen atoms in total. The first-order chi connectivity index (χ1) is 11.7. The summed E-state index contributed by atoms with van der Waals surface area (Å²) in [5.74, 6) is -0.852. The Morgan fingerprint density at radius 1 is 1.04 bits per heavy atom. The summed E-state index contributed by atoms with van der Waals surface area (Å²) in [6, 6.07) is 9.96. The second-order valence-corrected chi connectivity index (χ2v) is 6.74. The number of ether oxygens (including phenoxy) is 1. The molecule has 0 N–H and O–H groups in total. The van der Waals surface area contributed by atoms with Gasteiger partial charge in [-0.15, -0.1) is 0 Å². The average molecular weight is 323 g/mol. The summed E-state index contributed by atoms with van der Waals surface area (Å²) < 4.78 is 7.51. The smallest absolute Gasteiger partial charge is 0.240 e. The molecule has 1 aromatic heterocycles. The molecule has 3 aliphatic rings. The zero-order valence-corrected chi connectivity index (χ0v) is 13.0. The molecule has 5 rings (SSSR count). The van der Waals surface area contributed by atoms with E-state index in [-0.39, 0.29) is 35.9 Å². The SMILES string of the molecule is O=C1[C@@H]2[C@H](C(=O)N1c1cnn(Cc3ccccc3)c1)[C@H]1CC[C@@H]2O1. The molecule has 2 aromatic rings. The van der Waals surface area contributed by atoms with E-state index in [4.69, 9.17) is 4.74 Å². The maximum atomic E-state index is 12.7. The standard InChI is InChI=1S/C18H17N3O3/c22-17-15-13-6-7-14(24-13)16(15)18(23)21(17)12-8-19-20(10-12)9-11-4-2-1-3-5-11/h1-5,8,10,13-16H,6-7,9H2/t13-,14+,15-,16+. The summed E-state index contributed by atoms with van der Waals surface area (Å²) >= 11 is 0. The van der Waals surface area contributed by atoms with Gasteiger partial charge in [0.2, 0.25) is 11.8 Å². The number of fused-ring (bicyclic) bond motifs is 5. The lowest BCUT2D eigenvalue weighted by Gasteiger charge is -2.15. The van der Waals surface area contributed by atoms with Crippen LogP contribution in [0.4, 0.5) is 5.69 Å². The number of carbonyl (C=O) groups excluding carboxylic acids is 2.